The number of nitrogens with one attached hydrogen (secondary N) is 3. The third-order valence-corrected chi connectivity index (χ3v) is 5.21. The summed E-state index contributed by atoms with van der Waals surface area (Å²) in [6.07, 6.45) is 1.43. The number of carbonyl (C=O) groups excluding carboxylic acids is 3. The highest BCUT2D eigenvalue weighted by atomic mass is 16.2. The number of aromatic amines is 1. The second-order valence-electron chi connectivity index (χ2n) is 7.32. The fourth-order valence-corrected chi connectivity index (χ4v) is 3.61. The number of nitrogens with zero attached hydrogens (tertiary/aromatic N) is 2. The molecule has 1 saturated heterocycles. The molecular formula is C22H23N5O3. The Morgan fingerprint density at radius 3 is 2.63 bits per heavy atom. The number of benzene rings is 2. The maximum atomic E-state index is 12.7. The quantitative estimate of drug-likeness (QED) is 0.605. The zero-order valence-electron chi connectivity index (χ0n) is 16.4. The predicted octanol–water partition coefficient (Wildman–Crippen LogP) is 2.17. The van der Waals surface area contributed by atoms with Crippen LogP contribution in [0.15, 0.2) is 54.6 Å². The van der Waals surface area contributed by atoms with Crippen LogP contribution in [0, 0.1) is 5.92 Å². The molecule has 3 N–H and O–H groups in total. The standard InChI is InChI=1S/C22H23N5O3/c28-19(13-23-20(29)15-7-2-1-3-8-15)27-12-6-9-16(14-27)21(30)26-22-24-17-10-4-5-11-18(17)25-22/h1-5,7-8,10-11,16H,6,9,12-14H2,(H,23,29)(H2,24,25,26,30)/t16-/m1/s1. The van der Waals surface area contributed by atoms with Gasteiger partial charge in [0, 0.05) is 18.7 Å². The van der Waals surface area contributed by atoms with Crippen molar-refractivity contribution >= 4 is 34.7 Å². The first-order valence-electron chi connectivity index (χ1n) is 9.97. The van der Waals surface area contributed by atoms with E-state index in [1.807, 2.05) is 30.3 Å². The van der Waals surface area contributed by atoms with Gasteiger partial charge >= 0.3 is 0 Å². The molecule has 4 rings (SSSR count). The zero-order chi connectivity index (χ0) is 20.9. The Labute approximate surface area is 173 Å². The van der Waals surface area contributed by atoms with E-state index < -0.39 is 0 Å². The smallest absolute Gasteiger partial charge is 0.251 e. The van der Waals surface area contributed by atoms with Gasteiger partial charge in [-0.3, -0.25) is 19.7 Å². The molecule has 1 atom stereocenters. The molecule has 8 heteroatoms. The first-order valence-corrected chi connectivity index (χ1v) is 9.97. The van der Waals surface area contributed by atoms with Crippen LogP contribution in [0.3, 0.4) is 0 Å². The van der Waals surface area contributed by atoms with E-state index in [4.69, 9.17) is 0 Å². The van der Waals surface area contributed by atoms with Gasteiger partial charge in [-0.2, -0.15) is 0 Å². The summed E-state index contributed by atoms with van der Waals surface area (Å²) in [5, 5.41) is 5.47. The Kier molecular flexibility index (Phi) is 5.74. The van der Waals surface area contributed by atoms with E-state index in [9.17, 15) is 14.4 Å². The van der Waals surface area contributed by atoms with Crippen LogP contribution in [-0.4, -0.2) is 52.2 Å². The third kappa shape index (κ3) is 4.48. The number of H-pyrrole nitrogens is 1. The number of likely N-dealkylation sites (tertiary alicyclic amines) is 1. The number of rotatable bonds is 5. The number of anilines is 1. The lowest BCUT2D eigenvalue weighted by Gasteiger charge is -2.32. The van der Waals surface area contributed by atoms with Crippen molar-refractivity contribution in [2.24, 2.45) is 5.92 Å². The van der Waals surface area contributed by atoms with Crippen molar-refractivity contribution in [2.75, 3.05) is 25.0 Å². The number of imidazole rings is 1. The molecule has 8 nitrogen and oxygen atoms in total. The Balaban J connectivity index is 1.31. The van der Waals surface area contributed by atoms with Crippen LogP contribution in [0.2, 0.25) is 0 Å². The minimum atomic E-state index is -0.319. The summed E-state index contributed by atoms with van der Waals surface area (Å²) in [4.78, 5) is 46.4. The fourth-order valence-electron chi connectivity index (χ4n) is 3.61. The molecule has 0 unspecified atom stereocenters. The van der Waals surface area contributed by atoms with Crippen molar-refractivity contribution in [3.63, 3.8) is 0 Å². The molecule has 1 aromatic heterocycles. The molecule has 1 aliphatic rings. The third-order valence-electron chi connectivity index (χ3n) is 5.21. The van der Waals surface area contributed by atoms with E-state index in [0.29, 0.717) is 31.0 Å². The highest BCUT2D eigenvalue weighted by molar-refractivity contribution is 5.97. The van der Waals surface area contributed by atoms with Crippen LogP contribution in [-0.2, 0) is 9.59 Å². The van der Waals surface area contributed by atoms with Gasteiger partial charge in [0.1, 0.15) is 0 Å². The fraction of sp³-hybridized carbons (Fsp3) is 0.273. The lowest BCUT2D eigenvalue weighted by molar-refractivity contribution is -0.133. The molecule has 2 aromatic carbocycles. The van der Waals surface area contributed by atoms with E-state index >= 15 is 0 Å². The average molecular weight is 405 g/mol. The van der Waals surface area contributed by atoms with Crippen LogP contribution in [0.25, 0.3) is 11.0 Å². The monoisotopic (exact) mass is 405 g/mol. The van der Waals surface area contributed by atoms with Crippen LogP contribution < -0.4 is 10.6 Å². The van der Waals surface area contributed by atoms with Crippen LogP contribution in [0.1, 0.15) is 23.2 Å². The zero-order valence-corrected chi connectivity index (χ0v) is 16.4. The van der Waals surface area contributed by atoms with Crippen molar-refractivity contribution in [2.45, 2.75) is 12.8 Å². The van der Waals surface area contributed by atoms with Gasteiger partial charge in [-0.1, -0.05) is 30.3 Å². The van der Waals surface area contributed by atoms with E-state index in [1.54, 1.807) is 29.2 Å². The molecule has 30 heavy (non-hydrogen) atoms. The number of piperidine rings is 1. The highest BCUT2D eigenvalue weighted by Gasteiger charge is 2.29. The number of aromatic nitrogens is 2. The summed E-state index contributed by atoms with van der Waals surface area (Å²) in [5.41, 5.74) is 2.14. The van der Waals surface area contributed by atoms with E-state index in [-0.39, 0.29) is 30.2 Å². The van der Waals surface area contributed by atoms with E-state index in [2.05, 4.69) is 20.6 Å². The summed E-state index contributed by atoms with van der Waals surface area (Å²) in [5.74, 6) is -0.568. The molecule has 2 heterocycles. The lowest BCUT2D eigenvalue weighted by atomic mass is 9.97. The Bertz CT molecular complexity index is 1030. The molecule has 0 bridgehead atoms. The Morgan fingerprint density at radius 1 is 1.07 bits per heavy atom. The summed E-state index contributed by atoms with van der Waals surface area (Å²) in [6.45, 7) is 0.812. The molecular weight excluding hydrogens is 382 g/mol. The van der Waals surface area contributed by atoms with Crippen LogP contribution >= 0.6 is 0 Å². The van der Waals surface area contributed by atoms with Gasteiger partial charge in [0.2, 0.25) is 17.8 Å². The number of amides is 3. The molecule has 1 aliphatic heterocycles. The molecule has 0 spiro atoms. The van der Waals surface area contributed by atoms with Crippen molar-refractivity contribution in [3.8, 4) is 0 Å². The minimum Gasteiger partial charge on any atom is -0.343 e. The summed E-state index contributed by atoms with van der Waals surface area (Å²) in [6, 6.07) is 16.3. The Morgan fingerprint density at radius 2 is 1.83 bits per heavy atom. The van der Waals surface area contributed by atoms with Gasteiger partial charge in [0.15, 0.2) is 0 Å². The normalized spacial score (nSPS) is 16.3. The van der Waals surface area contributed by atoms with E-state index in [0.717, 1.165) is 17.5 Å². The average Bonchev–Trinajstić information content (AvgIpc) is 3.20. The maximum Gasteiger partial charge on any atom is 0.251 e. The van der Waals surface area contributed by atoms with Crippen molar-refractivity contribution in [3.05, 3.63) is 60.2 Å². The predicted molar refractivity (Wildman–Crippen MR) is 113 cm³/mol. The molecule has 3 amide bonds. The molecule has 0 aliphatic carbocycles. The number of hydrogen-bond donors (Lipinski definition) is 3. The van der Waals surface area contributed by atoms with Gasteiger partial charge < -0.3 is 15.2 Å². The SMILES string of the molecule is O=C(NCC(=O)N1CCC[C@@H](C(=O)Nc2nc3ccccc3[nH]2)C1)c1ccccc1. The molecule has 154 valence electrons. The first-order chi connectivity index (χ1) is 14.6. The lowest BCUT2D eigenvalue weighted by Crippen LogP contribution is -2.47. The topological polar surface area (TPSA) is 107 Å². The van der Waals surface area contributed by atoms with Gasteiger partial charge in [-0.25, -0.2) is 4.98 Å². The Hall–Kier alpha value is -3.68. The van der Waals surface area contributed by atoms with Crippen molar-refractivity contribution in [1.29, 1.82) is 0 Å². The van der Waals surface area contributed by atoms with Gasteiger partial charge in [-0.05, 0) is 37.1 Å². The maximum absolute atomic E-state index is 12.7. The van der Waals surface area contributed by atoms with Crippen LogP contribution in [0.4, 0.5) is 5.95 Å². The second-order valence-corrected chi connectivity index (χ2v) is 7.32. The number of hydrogen-bond acceptors (Lipinski definition) is 4. The summed E-state index contributed by atoms with van der Waals surface area (Å²) >= 11 is 0. The number of para-hydroxylation sites is 2. The van der Waals surface area contributed by atoms with E-state index in [1.165, 1.54) is 0 Å². The van der Waals surface area contributed by atoms with Crippen LogP contribution in [0.5, 0.6) is 0 Å². The highest BCUT2D eigenvalue weighted by Crippen LogP contribution is 2.19. The largest absolute Gasteiger partial charge is 0.343 e. The summed E-state index contributed by atoms with van der Waals surface area (Å²) in [7, 11) is 0. The van der Waals surface area contributed by atoms with Crippen molar-refractivity contribution in [1.82, 2.24) is 20.2 Å². The molecule has 0 saturated carbocycles. The first kappa shape index (κ1) is 19.6. The van der Waals surface area contributed by atoms with Gasteiger partial charge in [0.25, 0.3) is 5.91 Å². The number of fused-ring (bicyclic) bond motifs is 1. The molecule has 0 radical (unpaired) electrons. The second kappa shape index (κ2) is 8.77. The molecule has 1 fully saturated rings. The minimum absolute atomic E-state index is 0.0916. The van der Waals surface area contributed by atoms with Crippen molar-refractivity contribution < 1.29 is 14.4 Å². The van der Waals surface area contributed by atoms with Gasteiger partial charge in [0.05, 0.1) is 23.5 Å². The number of carbonyl (C=O) groups is 3. The van der Waals surface area contributed by atoms with Gasteiger partial charge in [-0.15, -0.1) is 0 Å². The summed E-state index contributed by atoms with van der Waals surface area (Å²) < 4.78 is 0. The molecule has 3 aromatic rings.